The fourth-order valence-electron chi connectivity index (χ4n) is 6.89. The van der Waals surface area contributed by atoms with E-state index in [1.165, 1.54) is 70.0 Å². The van der Waals surface area contributed by atoms with Gasteiger partial charge in [0, 0.05) is 49.7 Å². The number of hydrogen-bond acceptors (Lipinski definition) is 6. The Morgan fingerprint density at radius 3 is 1.91 bits per heavy atom. The number of fused-ring (bicyclic) bond motifs is 2. The Hall–Kier alpha value is -1.24. The van der Waals surface area contributed by atoms with Gasteiger partial charge in [0.15, 0.2) is 0 Å². The molecule has 4 aliphatic rings. The Balaban J connectivity index is 1.12. The van der Waals surface area contributed by atoms with Crippen LogP contribution in [0.2, 0.25) is 0 Å². The molecular weight excluding hydrogens is 410 g/mol. The van der Waals surface area contributed by atoms with E-state index in [2.05, 4.69) is 54.8 Å². The third-order valence-corrected chi connectivity index (χ3v) is 8.76. The van der Waals surface area contributed by atoms with Gasteiger partial charge in [0.05, 0.1) is 12.2 Å². The van der Waals surface area contributed by atoms with Crippen molar-refractivity contribution in [2.45, 2.75) is 121 Å². The molecule has 2 bridgehead atoms. The van der Waals surface area contributed by atoms with E-state index >= 15 is 0 Å². The highest BCUT2D eigenvalue weighted by atomic mass is 16.5. The molecule has 3 aliphatic heterocycles. The van der Waals surface area contributed by atoms with E-state index in [9.17, 15) is 0 Å². The molecule has 33 heavy (non-hydrogen) atoms. The zero-order valence-electron chi connectivity index (χ0n) is 21.3. The first-order valence-corrected chi connectivity index (χ1v) is 13.7. The number of aromatic nitrogens is 2. The molecular formula is C27H45N5O. The van der Waals surface area contributed by atoms with Crippen LogP contribution in [-0.2, 0) is 4.74 Å². The van der Waals surface area contributed by atoms with E-state index < -0.39 is 0 Å². The summed E-state index contributed by atoms with van der Waals surface area (Å²) in [6.07, 6.45) is 15.2. The normalized spacial score (nSPS) is 32.2. The minimum absolute atomic E-state index is 0.357. The molecule has 6 heteroatoms. The van der Waals surface area contributed by atoms with Crippen LogP contribution in [0.15, 0.2) is 12.4 Å². The Labute approximate surface area is 201 Å². The number of nitrogens with zero attached hydrogens (tertiary/aromatic N) is 5. The lowest BCUT2D eigenvalue weighted by molar-refractivity contribution is -0.0282. The van der Waals surface area contributed by atoms with Gasteiger partial charge in [-0.3, -0.25) is 4.90 Å². The molecule has 0 aromatic carbocycles. The molecule has 4 fully saturated rings. The predicted molar refractivity (Wildman–Crippen MR) is 134 cm³/mol. The van der Waals surface area contributed by atoms with Crippen molar-refractivity contribution in [3.63, 3.8) is 0 Å². The molecule has 5 rings (SSSR count). The summed E-state index contributed by atoms with van der Waals surface area (Å²) < 4.78 is 6.05. The quantitative estimate of drug-likeness (QED) is 0.631. The summed E-state index contributed by atoms with van der Waals surface area (Å²) >= 11 is 0. The number of rotatable bonds is 6. The molecule has 184 valence electrons. The lowest BCUT2D eigenvalue weighted by atomic mass is 9.87. The number of ether oxygens (including phenoxy) is 1. The fraction of sp³-hybridized carbons (Fsp3) is 0.852. The molecule has 0 N–H and O–H groups in total. The van der Waals surface area contributed by atoms with Crippen LogP contribution in [0.3, 0.4) is 0 Å². The van der Waals surface area contributed by atoms with Crippen molar-refractivity contribution in [1.29, 1.82) is 0 Å². The molecule has 0 spiro atoms. The highest BCUT2D eigenvalue weighted by Gasteiger charge is 2.41. The number of hydrogen-bond donors (Lipinski definition) is 0. The standard InChI is InChI=1S/C27H45N5O/c1-19(2)31-17-24-5-6-25(18-31)32(24)27-28-15-22(16-29-27)21-11-13-30(14-12-21)23-7-9-26(10-8-23)33-20(3)4/h15-16,19-21,23-26H,5-14,17-18H2,1-4H3/t23-,24?,25?,26+. The van der Waals surface area contributed by atoms with Crippen molar-refractivity contribution in [3.05, 3.63) is 18.0 Å². The topological polar surface area (TPSA) is 44.7 Å². The number of anilines is 1. The second-order valence-corrected chi connectivity index (χ2v) is 11.6. The second kappa shape index (κ2) is 10.2. The zero-order chi connectivity index (χ0) is 22.9. The number of likely N-dealkylation sites (tertiary alicyclic amines) is 2. The van der Waals surface area contributed by atoms with Crippen molar-refractivity contribution in [2.24, 2.45) is 0 Å². The first kappa shape index (κ1) is 23.5. The number of piperazine rings is 1. The summed E-state index contributed by atoms with van der Waals surface area (Å²) in [6, 6.07) is 2.56. The van der Waals surface area contributed by atoms with Crippen molar-refractivity contribution >= 4 is 5.95 Å². The van der Waals surface area contributed by atoms with Crippen molar-refractivity contribution < 1.29 is 4.74 Å². The SMILES string of the molecule is CC(C)O[C@H]1CC[C@@H](N2CCC(c3cnc(N4C5CCC4CN(C(C)C)C5)nc3)CC2)CC1. The Morgan fingerprint density at radius 2 is 1.36 bits per heavy atom. The molecule has 2 atom stereocenters. The molecule has 3 saturated heterocycles. The maximum Gasteiger partial charge on any atom is 0.225 e. The van der Waals surface area contributed by atoms with Crippen LogP contribution in [0.5, 0.6) is 0 Å². The molecule has 1 saturated carbocycles. The van der Waals surface area contributed by atoms with Crippen molar-refractivity contribution in [2.75, 3.05) is 31.1 Å². The minimum Gasteiger partial charge on any atom is -0.376 e. The fourth-order valence-corrected chi connectivity index (χ4v) is 6.89. The molecule has 4 heterocycles. The third kappa shape index (κ3) is 5.23. The van der Waals surface area contributed by atoms with E-state index in [1.54, 1.807) is 0 Å². The maximum atomic E-state index is 6.05. The van der Waals surface area contributed by atoms with E-state index in [1.807, 2.05) is 0 Å². The molecule has 6 nitrogen and oxygen atoms in total. The molecule has 0 amide bonds. The van der Waals surface area contributed by atoms with Crippen LogP contribution < -0.4 is 4.90 Å². The highest BCUT2D eigenvalue weighted by molar-refractivity contribution is 5.38. The number of piperidine rings is 1. The Morgan fingerprint density at radius 1 is 0.788 bits per heavy atom. The lowest BCUT2D eigenvalue weighted by Gasteiger charge is -2.43. The van der Waals surface area contributed by atoms with Gasteiger partial charge >= 0.3 is 0 Å². The van der Waals surface area contributed by atoms with Gasteiger partial charge < -0.3 is 14.5 Å². The van der Waals surface area contributed by atoms with Gasteiger partial charge in [-0.1, -0.05) is 0 Å². The van der Waals surface area contributed by atoms with Crippen LogP contribution in [0.1, 0.15) is 90.5 Å². The van der Waals surface area contributed by atoms with Gasteiger partial charge in [-0.2, -0.15) is 0 Å². The monoisotopic (exact) mass is 455 g/mol. The van der Waals surface area contributed by atoms with Gasteiger partial charge in [-0.15, -0.1) is 0 Å². The smallest absolute Gasteiger partial charge is 0.225 e. The first-order valence-electron chi connectivity index (χ1n) is 13.7. The molecule has 0 radical (unpaired) electrons. The molecule has 1 aromatic heterocycles. The average molecular weight is 456 g/mol. The van der Waals surface area contributed by atoms with Gasteiger partial charge in [0.1, 0.15) is 0 Å². The molecule has 1 aromatic rings. The van der Waals surface area contributed by atoms with Crippen LogP contribution in [0, 0.1) is 0 Å². The maximum absolute atomic E-state index is 6.05. The highest BCUT2D eigenvalue weighted by Crippen LogP contribution is 2.35. The van der Waals surface area contributed by atoms with Crippen molar-refractivity contribution in [1.82, 2.24) is 19.8 Å². The van der Waals surface area contributed by atoms with Crippen LogP contribution in [-0.4, -0.2) is 82.3 Å². The second-order valence-electron chi connectivity index (χ2n) is 11.6. The summed E-state index contributed by atoms with van der Waals surface area (Å²) in [5.74, 6) is 1.58. The predicted octanol–water partition coefficient (Wildman–Crippen LogP) is 4.45. The van der Waals surface area contributed by atoms with Gasteiger partial charge in [-0.25, -0.2) is 9.97 Å². The minimum atomic E-state index is 0.357. The van der Waals surface area contributed by atoms with E-state index in [0.717, 1.165) is 25.1 Å². The van der Waals surface area contributed by atoms with Gasteiger partial charge in [0.2, 0.25) is 5.95 Å². The summed E-state index contributed by atoms with van der Waals surface area (Å²) in [5.41, 5.74) is 1.35. The van der Waals surface area contributed by atoms with Crippen molar-refractivity contribution in [3.8, 4) is 0 Å². The largest absolute Gasteiger partial charge is 0.376 e. The van der Waals surface area contributed by atoms with Crippen LogP contribution >= 0.6 is 0 Å². The molecule has 1 aliphatic carbocycles. The summed E-state index contributed by atoms with van der Waals surface area (Å²) in [7, 11) is 0. The summed E-state index contributed by atoms with van der Waals surface area (Å²) in [5, 5.41) is 0. The average Bonchev–Trinajstić information content (AvgIpc) is 3.08. The summed E-state index contributed by atoms with van der Waals surface area (Å²) in [4.78, 5) is 17.7. The summed E-state index contributed by atoms with van der Waals surface area (Å²) in [6.45, 7) is 13.7. The first-order chi connectivity index (χ1) is 16.0. The van der Waals surface area contributed by atoms with Crippen LogP contribution in [0.4, 0.5) is 5.95 Å². The molecule has 2 unspecified atom stereocenters. The van der Waals surface area contributed by atoms with E-state index in [4.69, 9.17) is 14.7 Å². The van der Waals surface area contributed by atoms with Gasteiger partial charge in [0.25, 0.3) is 0 Å². The van der Waals surface area contributed by atoms with E-state index in [-0.39, 0.29) is 0 Å². The third-order valence-electron chi connectivity index (χ3n) is 8.76. The zero-order valence-corrected chi connectivity index (χ0v) is 21.3. The van der Waals surface area contributed by atoms with Crippen LogP contribution in [0.25, 0.3) is 0 Å². The van der Waals surface area contributed by atoms with Gasteiger partial charge in [-0.05, 0) is 104 Å². The Bertz CT molecular complexity index is 738. The van der Waals surface area contributed by atoms with E-state index in [0.29, 0.717) is 36.3 Å². The Kier molecular flexibility index (Phi) is 7.24. The lowest BCUT2D eigenvalue weighted by Crippen LogP contribution is -2.56.